The van der Waals surface area contributed by atoms with Crippen LogP contribution in [0.2, 0.25) is 0 Å². The SMILES string of the molecule is CC/C=C\C/C=C\C/C=C\C/C=C\C/C=C\C/C=C\CCCCCCCCC(=O)OCC(COC(=O)CCCCCCC/C=C\C/C=C\C/C=C\CC)OC(=O)CCCCCCCCCCCCCCC/C=C\C/C=C\CCCCCCC. The lowest BCUT2D eigenvalue weighted by molar-refractivity contribution is -0.167. The second-order valence-electron chi connectivity index (χ2n) is 22.7. The lowest BCUT2D eigenvalue weighted by Gasteiger charge is -2.18. The van der Waals surface area contributed by atoms with Crippen LogP contribution in [0.15, 0.2) is 134 Å². The van der Waals surface area contributed by atoms with E-state index in [4.69, 9.17) is 14.2 Å². The number of carbonyl (C=O) groups excluding carboxylic acids is 3. The molecule has 1 atom stereocenters. The Kier molecular flexibility index (Phi) is 66.3. The zero-order chi connectivity index (χ0) is 59.9. The molecule has 0 radical (unpaired) electrons. The van der Waals surface area contributed by atoms with Gasteiger partial charge in [-0.15, -0.1) is 0 Å². The van der Waals surface area contributed by atoms with Crippen LogP contribution in [0.3, 0.4) is 0 Å². The van der Waals surface area contributed by atoms with Crippen LogP contribution in [0, 0.1) is 0 Å². The monoisotopic (exact) mass is 1150 g/mol. The van der Waals surface area contributed by atoms with Gasteiger partial charge in [0.2, 0.25) is 0 Å². The van der Waals surface area contributed by atoms with Crippen LogP contribution in [0.25, 0.3) is 0 Å². The van der Waals surface area contributed by atoms with Crippen LogP contribution in [0.1, 0.15) is 316 Å². The first-order valence-electron chi connectivity index (χ1n) is 34.7. The maximum absolute atomic E-state index is 13.0. The molecule has 6 heteroatoms. The van der Waals surface area contributed by atoms with Gasteiger partial charge < -0.3 is 14.2 Å². The maximum atomic E-state index is 13.0. The Bertz CT molecular complexity index is 1750. The van der Waals surface area contributed by atoms with Crippen molar-refractivity contribution in [1.82, 2.24) is 0 Å². The van der Waals surface area contributed by atoms with Crippen molar-refractivity contribution in [2.45, 2.75) is 322 Å². The summed E-state index contributed by atoms with van der Waals surface area (Å²) in [6, 6.07) is 0. The first kappa shape index (κ1) is 78.5. The van der Waals surface area contributed by atoms with E-state index in [0.29, 0.717) is 19.3 Å². The molecule has 0 heterocycles. The first-order chi connectivity index (χ1) is 41.0. The summed E-state index contributed by atoms with van der Waals surface area (Å²) in [4.78, 5) is 38.5. The molecule has 0 aliphatic heterocycles. The number of hydrogen-bond acceptors (Lipinski definition) is 6. The number of rotatable bonds is 62. The van der Waals surface area contributed by atoms with Crippen molar-refractivity contribution < 1.29 is 28.6 Å². The molecular weight excluding hydrogens is 1020 g/mol. The summed E-state index contributed by atoms with van der Waals surface area (Å²) < 4.78 is 17.0. The van der Waals surface area contributed by atoms with E-state index in [2.05, 4.69) is 154 Å². The predicted octanol–water partition coefficient (Wildman–Crippen LogP) is 24.1. The number of ether oxygens (including phenoxy) is 3. The molecule has 6 nitrogen and oxygen atoms in total. The summed E-state index contributed by atoms with van der Waals surface area (Å²) in [7, 11) is 0. The van der Waals surface area contributed by atoms with Crippen molar-refractivity contribution in [2.24, 2.45) is 0 Å². The minimum atomic E-state index is -0.799. The average molecular weight is 1150 g/mol. The number of esters is 3. The Balaban J connectivity index is 4.39. The fourth-order valence-electron chi connectivity index (χ4n) is 9.49. The molecule has 0 fully saturated rings. The average Bonchev–Trinajstić information content (AvgIpc) is 3.49. The zero-order valence-corrected chi connectivity index (χ0v) is 54.2. The van der Waals surface area contributed by atoms with Gasteiger partial charge in [-0.25, -0.2) is 0 Å². The van der Waals surface area contributed by atoms with Crippen molar-refractivity contribution in [3.8, 4) is 0 Å². The van der Waals surface area contributed by atoms with Crippen LogP contribution in [-0.2, 0) is 28.6 Å². The van der Waals surface area contributed by atoms with Gasteiger partial charge in [0.25, 0.3) is 0 Å². The van der Waals surface area contributed by atoms with E-state index in [-0.39, 0.29) is 31.1 Å². The molecule has 1 unspecified atom stereocenters. The quantitative estimate of drug-likeness (QED) is 0.0261. The second kappa shape index (κ2) is 70.0. The predicted molar refractivity (Wildman–Crippen MR) is 362 cm³/mol. The van der Waals surface area contributed by atoms with Gasteiger partial charge in [0, 0.05) is 19.3 Å². The summed E-state index contributed by atoms with van der Waals surface area (Å²) in [5.74, 6) is -0.918. The Morgan fingerprint density at radius 2 is 0.470 bits per heavy atom. The molecule has 83 heavy (non-hydrogen) atoms. The smallest absolute Gasteiger partial charge is 0.306 e. The highest BCUT2D eigenvalue weighted by Gasteiger charge is 2.19. The van der Waals surface area contributed by atoms with Crippen LogP contribution in [0.4, 0.5) is 0 Å². The molecule has 0 rings (SSSR count). The minimum Gasteiger partial charge on any atom is -0.462 e. The van der Waals surface area contributed by atoms with E-state index >= 15 is 0 Å². The summed E-state index contributed by atoms with van der Waals surface area (Å²) in [5.41, 5.74) is 0. The van der Waals surface area contributed by atoms with E-state index in [1.165, 1.54) is 122 Å². The molecule has 0 aromatic heterocycles. The zero-order valence-electron chi connectivity index (χ0n) is 54.2. The number of allylic oxidation sites excluding steroid dienone is 22. The molecular formula is C77H128O6. The Morgan fingerprint density at radius 1 is 0.253 bits per heavy atom. The van der Waals surface area contributed by atoms with Crippen LogP contribution in [-0.4, -0.2) is 37.2 Å². The van der Waals surface area contributed by atoms with Crippen molar-refractivity contribution in [1.29, 1.82) is 0 Å². The molecule has 0 spiro atoms. The van der Waals surface area contributed by atoms with E-state index < -0.39 is 6.10 Å². The fourth-order valence-corrected chi connectivity index (χ4v) is 9.49. The Labute approximate surface area is 513 Å². The highest BCUT2D eigenvalue weighted by molar-refractivity contribution is 5.71. The summed E-state index contributed by atoms with van der Waals surface area (Å²) >= 11 is 0. The van der Waals surface area contributed by atoms with Crippen LogP contribution >= 0.6 is 0 Å². The van der Waals surface area contributed by atoms with Gasteiger partial charge in [0.05, 0.1) is 0 Å². The Hall–Kier alpha value is -4.45. The maximum Gasteiger partial charge on any atom is 0.306 e. The molecule has 0 aromatic carbocycles. The van der Waals surface area contributed by atoms with E-state index in [1.54, 1.807) is 0 Å². The molecule has 472 valence electrons. The number of hydrogen-bond donors (Lipinski definition) is 0. The van der Waals surface area contributed by atoms with Gasteiger partial charge in [0.1, 0.15) is 13.2 Å². The number of carbonyl (C=O) groups is 3. The topological polar surface area (TPSA) is 78.9 Å². The van der Waals surface area contributed by atoms with Crippen molar-refractivity contribution in [2.75, 3.05) is 13.2 Å². The van der Waals surface area contributed by atoms with Gasteiger partial charge in [-0.1, -0.05) is 296 Å². The van der Waals surface area contributed by atoms with Gasteiger partial charge in [0.15, 0.2) is 6.10 Å². The highest BCUT2D eigenvalue weighted by atomic mass is 16.6. The minimum absolute atomic E-state index is 0.0945. The molecule has 0 aliphatic rings. The molecule has 0 aliphatic carbocycles. The van der Waals surface area contributed by atoms with Crippen molar-refractivity contribution in [3.05, 3.63) is 134 Å². The molecule has 0 saturated carbocycles. The van der Waals surface area contributed by atoms with Crippen LogP contribution < -0.4 is 0 Å². The first-order valence-corrected chi connectivity index (χ1v) is 34.7. The standard InChI is InChI=1S/C77H128O6/c1-4-7-10-13-16-19-22-25-28-30-32-34-36-38-40-42-44-46-49-52-55-58-61-64-67-70-76(79)82-73-74(72-81-75(78)69-66-63-60-57-54-51-48-27-24-21-18-15-12-9-6-3)83-77(80)71-68-65-62-59-56-53-50-47-45-43-41-39-37-35-33-31-29-26-23-20-17-14-11-8-5-2/h7,9-10,12,16,18-19,21,23,25-28,31-34,38,40,44,46,48,74H,4-6,8,11,13-15,17,20,22,24,29-30,35-37,39,41-43,45,47,49-73H2,1-3H3/b10-7-,12-9-,19-16-,21-18-,26-23-,28-25-,33-31-,34-32-,40-38-,46-44-,48-27-. The van der Waals surface area contributed by atoms with Gasteiger partial charge in [-0.2, -0.15) is 0 Å². The summed E-state index contributed by atoms with van der Waals surface area (Å²) in [6.07, 6.45) is 98.9. The number of unbranched alkanes of at least 4 members (excludes halogenated alkanes) is 29. The summed E-state index contributed by atoms with van der Waals surface area (Å²) in [5, 5.41) is 0. The van der Waals surface area contributed by atoms with Gasteiger partial charge in [-0.3, -0.25) is 14.4 Å². The molecule has 0 N–H and O–H groups in total. The van der Waals surface area contributed by atoms with Crippen molar-refractivity contribution >= 4 is 17.9 Å². The normalized spacial score (nSPS) is 13.0. The van der Waals surface area contributed by atoms with Gasteiger partial charge in [-0.05, 0) is 135 Å². The van der Waals surface area contributed by atoms with Gasteiger partial charge >= 0.3 is 17.9 Å². The fraction of sp³-hybridized carbons (Fsp3) is 0.675. The van der Waals surface area contributed by atoms with E-state index in [0.717, 1.165) is 154 Å². The van der Waals surface area contributed by atoms with Crippen molar-refractivity contribution in [3.63, 3.8) is 0 Å². The Morgan fingerprint density at radius 3 is 0.735 bits per heavy atom. The highest BCUT2D eigenvalue weighted by Crippen LogP contribution is 2.16. The molecule has 0 amide bonds. The molecule has 0 bridgehead atoms. The molecule has 0 aromatic rings. The van der Waals surface area contributed by atoms with Crippen LogP contribution in [0.5, 0.6) is 0 Å². The molecule has 0 saturated heterocycles. The third-order valence-corrected chi connectivity index (χ3v) is 14.6. The van der Waals surface area contributed by atoms with E-state index in [1.807, 2.05) is 0 Å². The van der Waals surface area contributed by atoms with E-state index in [9.17, 15) is 14.4 Å². The second-order valence-corrected chi connectivity index (χ2v) is 22.7. The lowest BCUT2D eigenvalue weighted by Crippen LogP contribution is -2.30. The lowest BCUT2D eigenvalue weighted by atomic mass is 10.0. The third-order valence-electron chi connectivity index (χ3n) is 14.6. The summed E-state index contributed by atoms with van der Waals surface area (Å²) in [6.45, 7) is 6.40. The third kappa shape index (κ3) is 68.2. The largest absolute Gasteiger partial charge is 0.462 e.